The molecule has 0 radical (unpaired) electrons. The van der Waals surface area contributed by atoms with Crippen LogP contribution in [0.3, 0.4) is 0 Å². The Hall–Kier alpha value is -2.45. The second-order valence-electron chi connectivity index (χ2n) is 8.57. The molecule has 2 aliphatic rings. The van der Waals surface area contributed by atoms with Crippen molar-refractivity contribution in [1.82, 2.24) is 25.0 Å². The number of nitrogens with zero attached hydrogens (tertiary/aromatic N) is 4. The minimum atomic E-state index is -0.177. The van der Waals surface area contributed by atoms with Crippen LogP contribution in [0.4, 0.5) is 0 Å². The lowest BCUT2D eigenvalue weighted by atomic mass is 10.0. The second-order valence-corrected chi connectivity index (χ2v) is 8.57. The molecule has 30 heavy (non-hydrogen) atoms. The highest BCUT2D eigenvalue weighted by molar-refractivity contribution is 5.79. The standard InChI is InChI=1S/C22H31N5O3/c1-15(2)20(23-22(29)17-8-12-30-14-17)21-25-24-19-7-9-26(10-11-27(19)21)13-16-5-3-4-6-18(16)28/h3-6,15,17,20,28H,7-14H2,1-2H3,(H,23,29)/t17-,20-/m0/s1. The van der Waals surface area contributed by atoms with Crippen molar-refractivity contribution in [3.8, 4) is 5.75 Å². The first kappa shape index (κ1) is 20.8. The van der Waals surface area contributed by atoms with E-state index in [1.165, 1.54) is 0 Å². The molecule has 3 heterocycles. The number of fused-ring (bicyclic) bond motifs is 1. The second kappa shape index (κ2) is 9.14. The Labute approximate surface area is 177 Å². The molecular weight excluding hydrogens is 382 g/mol. The molecule has 0 unspecified atom stereocenters. The number of aromatic hydroxyl groups is 1. The van der Waals surface area contributed by atoms with Gasteiger partial charge in [0, 0.05) is 44.8 Å². The predicted octanol–water partition coefficient (Wildman–Crippen LogP) is 1.89. The lowest BCUT2D eigenvalue weighted by molar-refractivity contribution is -0.126. The zero-order chi connectivity index (χ0) is 21.1. The Bertz CT molecular complexity index is 875. The van der Waals surface area contributed by atoms with Crippen molar-refractivity contribution >= 4 is 5.91 Å². The van der Waals surface area contributed by atoms with Gasteiger partial charge in [0.2, 0.25) is 5.91 Å². The summed E-state index contributed by atoms with van der Waals surface area (Å²) < 4.78 is 7.54. The molecule has 2 aliphatic heterocycles. The van der Waals surface area contributed by atoms with E-state index >= 15 is 0 Å². The summed E-state index contributed by atoms with van der Waals surface area (Å²) >= 11 is 0. The van der Waals surface area contributed by atoms with Gasteiger partial charge in [0.05, 0.1) is 18.6 Å². The maximum Gasteiger partial charge on any atom is 0.226 e. The molecule has 0 bridgehead atoms. The number of benzene rings is 1. The molecule has 1 amide bonds. The van der Waals surface area contributed by atoms with Gasteiger partial charge in [-0.2, -0.15) is 0 Å². The summed E-state index contributed by atoms with van der Waals surface area (Å²) in [7, 11) is 0. The average Bonchev–Trinajstić information content (AvgIpc) is 3.36. The summed E-state index contributed by atoms with van der Waals surface area (Å²) in [6, 6.07) is 7.30. The molecular formula is C22H31N5O3. The smallest absolute Gasteiger partial charge is 0.226 e. The number of amides is 1. The van der Waals surface area contributed by atoms with Crippen molar-refractivity contribution in [2.75, 3.05) is 26.3 Å². The monoisotopic (exact) mass is 413 g/mol. The highest BCUT2D eigenvalue weighted by Crippen LogP contribution is 2.25. The largest absolute Gasteiger partial charge is 0.508 e. The Kier molecular flexibility index (Phi) is 6.34. The molecule has 8 heteroatoms. The Balaban J connectivity index is 1.47. The molecule has 0 spiro atoms. The number of aromatic nitrogens is 3. The van der Waals surface area contributed by atoms with Crippen LogP contribution in [0.1, 0.15) is 43.5 Å². The number of para-hydroxylation sites is 1. The van der Waals surface area contributed by atoms with Crippen LogP contribution < -0.4 is 5.32 Å². The molecule has 2 aromatic rings. The van der Waals surface area contributed by atoms with Crippen molar-refractivity contribution in [3.05, 3.63) is 41.5 Å². The minimum Gasteiger partial charge on any atom is -0.508 e. The molecule has 1 saturated heterocycles. The molecule has 1 aromatic carbocycles. The van der Waals surface area contributed by atoms with Crippen LogP contribution >= 0.6 is 0 Å². The van der Waals surface area contributed by atoms with E-state index < -0.39 is 0 Å². The highest BCUT2D eigenvalue weighted by atomic mass is 16.5. The van der Waals surface area contributed by atoms with Crippen LogP contribution in [0.25, 0.3) is 0 Å². The van der Waals surface area contributed by atoms with E-state index in [9.17, 15) is 9.90 Å². The van der Waals surface area contributed by atoms with Gasteiger partial charge in [-0.3, -0.25) is 9.69 Å². The van der Waals surface area contributed by atoms with E-state index in [1.54, 1.807) is 6.07 Å². The summed E-state index contributed by atoms with van der Waals surface area (Å²) in [5.41, 5.74) is 0.932. The Morgan fingerprint density at radius 2 is 2.10 bits per heavy atom. The minimum absolute atomic E-state index is 0.0401. The summed E-state index contributed by atoms with van der Waals surface area (Å²) in [6.07, 6.45) is 1.56. The number of carbonyl (C=O) groups is 1. The third-order valence-electron chi connectivity index (χ3n) is 6.08. The fourth-order valence-corrected chi connectivity index (χ4v) is 4.20. The van der Waals surface area contributed by atoms with Gasteiger partial charge in [0.15, 0.2) is 5.82 Å². The highest BCUT2D eigenvalue weighted by Gasteiger charge is 2.31. The maximum atomic E-state index is 12.7. The Morgan fingerprint density at radius 1 is 1.27 bits per heavy atom. The fourth-order valence-electron chi connectivity index (χ4n) is 4.20. The van der Waals surface area contributed by atoms with E-state index in [4.69, 9.17) is 4.74 Å². The normalized spacial score (nSPS) is 20.7. The molecule has 8 nitrogen and oxygen atoms in total. The van der Waals surface area contributed by atoms with Crippen molar-refractivity contribution < 1.29 is 14.6 Å². The number of nitrogens with one attached hydrogen (secondary N) is 1. The van der Waals surface area contributed by atoms with Crippen molar-refractivity contribution in [1.29, 1.82) is 0 Å². The van der Waals surface area contributed by atoms with E-state index in [1.807, 2.05) is 18.2 Å². The molecule has 0 aliphatic carbocycles. The van der Waals surface area contributed by atoms with Crippen molar-refractivity contribution in [2.45, 2.75) is 45.8 Å². The van der Waals surface area contributed by atoms with Crippen LogP contribution in [-0.2, 0) is 29.0 Å². The molecule has 0 saturated carbocycles. The lowest BCUT2D eigenvalue weighted by Crippen LogP contribution is -2.38. The summed E-state index contributed by atoms with van der Waals surface area (Å²) in [5, 5.41) is 22.2. The van der Waals surface area contributed by atoms with E-state index in [2.05, 4.69) is 38.8 Å². The van der Waals surface area contributed by atoms with Gasteiger partial charge in [-0.1, -0.05) is 32.0 Å². The predicted molar refractivity (Wildman–Crippen MR) is 112 cm³/mol. The van der Waals surface area contributed by atoms with Crippen LogP contribution in [0.5, 0.6) is 5.75 Å². The van der Waals surface area contributed by atoms with E-state index in [0.717, 1.165) is 49.7 Å². The quantitative estimate of drug-likeness (QED) is 0.751. The maximum absolute atomic E-state index is 12.7. The van der Waals surface area contributed by atoms with Gasteiger partial charge in [-0.25, -0.2) is 0 Å². The zero-order valence-electron chi connectivity index (χ0n) is 17.8. The number of phenolic OH excluding ortho intramolecular Hbond substituents is 1. The van der Waals surface area contributed by atoms with Crippen LogP contribution in [0, 0.1) is 11.8 Å². The third kappa shape index (κ3) is 4.49. The number of carbonyl (C=O) groups excluding carboxylic acids is 1. The zero-order valence-corrected chi connectivity index (χ0v) is 17.8. The van der Waals surface area contributed by atoms with Gasteiger partial charge in [-0.15, -0.1) is 10.2 Å². The van der Waals surface area contributed by atoms with Crippen molar-refractivity contribution in [2.24, 2.45) is 11.8 Å². The summed E-state index contributed by atoms with van der Waals surface area (Å²) in [4.78, 5) is 15.0. The molecule has 2 atom stereocenters. The number of hydrogen-bond acceptors (Lipinski definition) is 6. The van der Waals surface area contributed by atoms with E-state index in [-0.39, 0.29) is 23.8 Å². The first-order valence-corrected chi connectivity index (χ1v) is 10.8. The van der Waals surface area contributed by atoms with Gasteiger partial charge in [0.1, 0.15) is 11.6 Å². The van der Waals surface area contributed by atoms with Gasteiger partial charge in [-0.05, 0) is 18.4 Å². The van der Waals surface area contributed by atoms with Gasteiger partial charge >= 0.3 is 0 Å². The fraction of sp³-hybridized carbons (Fsp3) is 0.591. The van der Waals surface area contributed by atoms with Gasteiger partial charge in [0.25, 0.3) is 0 Å². The Morgan fingerprint density at radius 3 is 2.83 bits per heavy atom. The van der Waals surface area contributed by atoms with Crippen LogP contribution in [0.15, 0.2) is 24.3 Å². The number of hydrogen-bond donors (Lipinski definition) is 2. The lowest BCUT2D eigenvalue weighted by Gasteiger charge is -2.24. The molecule has 1 aromatic heterocycles. The third-order valence-corrected chi connectivity index (χ3v) is 6.08. The number of rotatable bonds is 6. The molecule has 4 rings (SSSR count). The SMILES string of the molecule is CC(C)[C@H](NC(=O)[C@H]1CCOC1)c1nnc2n1CCN(Cc1ccccc1O)CC2. The van der Waals surface area contributed by atoms with Gasteiger partial charge < -0.3 is 19.7 Å². The first-order valence-electron chi connectivity index (χ1n) is 10.8. The van der Waals surface area contributed by atoms with Crippen LogP contribution in [-0.4, -0.2) is 57.0 Å². The number of phenols is 1. The summed E-state index contributed by atoms with van der Waals surface area (Å²) in [5.74, 6) is 2.28. The first-order chi connectivity index (χ1) is 14.5. The average molecular weight is 414 g/mol. The topological polar surface area (TPSA) is 92.5 Å². The summed E-state index contributed by atoms with van der Waals surface area (Å²) in [6.45, 7) is 8.49. The molecule has 2 N–H and O–H groups in total. The number of ether oxygens (including phenoxy) is 1. The van der Waals surface area contributed by atoms with Crippen LogP contribution in [0.2, 0.25) is 0 Å². The molecule has 162 valence electrons. The van der Waals surface area contributed by atoms with Crippen molar-refractivity contribution in [3.63, 3.8) is 0 Å². The molecule has 1 fully saturated rings. The van der Waals surface area contributed by atoms with E-state index in [0.29, 0.717) is 25.5 Å².